The number of piperazine rings is 1. The van der Waals surface area contributed by atoms with Gasteiger partial charge in [0.15, 0.2) is 0 Å². The molecular formula is C39H58FN5. The molecule has 0 spiro atoms. The number of pyridine rings is 1. The molecule has 2 unspecified atom stereocenters. The minimum Gasteiger partial charge on any atom is -0.372 e. The fraction of sp³-hybridized carbons (Fsp3) is 0.615. The van der Waals surface area contributed by atoms with Crippen LogP contribution < -0.4 is 4.90 Å². The fourth-order valence-corrected chi connectivity index (χ4v) is 7.71. The molecule has 2 atom stereocenters. The first-order valence-electron chi connectivity index (χ1n) is 17.4. The average Bonchev–Trinajstić information content (AvgIpc) is 3.24. The molecule has 0 saturated carbocycles. The van der Waals surface area contributed by atoms with Gasteiger partial charge in [-0.2, -0.15) is 0 Å². The maximum atomic E-state index is 13.6. The maximum Gasteiger partial charge on any atom is 0.123 e. The van der Waals surface area contributed by atoms with Gasteiger partial charge < -0.3 is 9.80 Å². The van der Waals surface area contributed by atoms with Crippen molar-refractivity contribution in [2.24, 2.45) is 5.41 Å². The van der Waals surface area contributed by atoms with Gasteiger partial charge in [0.05, 0.1) is 11.4 Å². The number of benzene rings is 1. The highest BCUT2D eigenvalue weighted by Crippen LogP contribution is 2.42. The summed E-state index contributed by atoms with van der Waals surface area (Å²) in [4.78, 5) is 15.7. The van der Waals surface area contributed by atoms with E-state index in [1.807, 2.05) is 12.1 Å². The van der Waals surface area contributed by atoms with Gasteiger partial charge in [-0.25, -0.2) is 4.39 Å². The summed E-state index contributed by atoms with van der Waals surface area (Å²) in [6.07, 6.45) is 6.60. The van der Waals surface area contributed by atoms with Gasteiger partial charge in [0.2, 0.25) is 0 Å². The number of halogens is 1. The molecule has 1 aromatic carbocycles. The SMILES string of the molecule is C=C(CC(C)(C)C)N1CCN(CC(=C)N2CC(C)(C)c3nc(CC)c(Cc4ccc(F)cc4)cc32)C(CN2CCCCC2C)C1. The lowest BCUT2D eigenvalue weighted by molar-refractivity contribution is 0.0485. The van der Waals surface area contributed by atoms with Gasteiger partial charge in [-0.3, -0.25) is 14.8 Å². The molecule has 3 aliphatic rings. The summed E-state index contributed by atoms with van der Waals surface area (Å²) in [5.74, 6) is -0.196. The number of nitrogens with zero attached hydrogens (tertiary/aromatic N) is 5. The predicted molar refractivity (Wildman–Crippen MR) is 187 cm³/mol. The van der Waals surface area contributed by atoms with Gasteiger partial charge in [-0.15, -0.1) is 0 Å². The van der Waals surface area contributed by atoms with Crippen LogP contribution in [0.4, 0.5) is 10.1 Å². The molecule has 5 nitrogen and oxygen atoms in total. The van der Waals surface area contributed by atoms with Crippen molar-refractivity contribution in [1.29, 1.82) is 0 Å². The first-order valence-corrected chi connectivity index (χ1v) is 17.4. The molecule has 0 aliphatic carbocycles. The molecule has 0 radical (unpaired) electrons. The molecule has 1 aromatic heterocycles. The van der Waals surface area contributed by atoms with Gasteiger partial charge in [0.1, 0.15) is 5.82 Å². The summed E-state index contributed by atoms with van der Waals surface area (Å²) in [5, 5.41) is 0. The van der Waals surface area contributed by atoms with Crippen LogP contribution in [-0.4, -0.2) is 77.6 Å². The highest BCUT2D eigenvalue weighted by molar-refractivity contribution is 5.65. The molecule has 2 fully saturated rings. The van der Waals surface area contributed by atoms with Crippen LogP contribution >= 0.6 is 0 Å². The molecule has 6 heteroatoms. The largest absolute Gasteiger partial charge is 0.372 e. The Morgan fingerprint density at radius 1 is 1.02 bits per heavy atom. The van der Waals surface area contributed by atoms with E-state index in [-0.39, 0.29) is 16.6 Å². The molecule has 5 rings (SSSR count). The molecule has 0 amide bonds. The average molecular weight is 616 g/mol. The van der Waals surface area contributed by atoms with Gasteiger partial charge in [0, 0.05) is 73.9 Å². The van der Waals surface area contributed by atoms with Crippen LogP contribution in [0.5, 0.6) is 0 Å². The predicted octanol–water partition coefficient (Wildman–Crippen LogP) is 7.80. The Hall–Kier alpha value is -2.70. The lowest BCUT2D eigenvalue weighted by atomic mass is 9.90. The van der Waals surface area contributed by atoms with Gasteiger partial charge in [0.25, 0.3) is 0 Å². The van der Waals surface area contributed by atoms with E-state index in [4.69, 9.17) is 11.6 Å². The molecule has 45 heavy (non-hydrogen) atoms. The summed E-state index contributed by atoms with van der Waals surface area (Å²) in [6.45, 7) is 32.5. The second kappa shape index (κ2) is 13.6. The molecule has 0 bridgehead atoms. The maximum absolute atomic E-state index is 13.6. The summed E-state index contributed by atoms with van der Waals surface area (Å²) in [7, 11) is 0. The van der Waals surface area contributed by atoms with E-state index in [0.29, 0.717) is 12.1 Å². The summed E-state index contributed by atoms with van der Waals surface area (Å²) < 4.78 is 13.6. The number of rotatable bonds is 10. The van der Waals surface area contributed by atoms with E-state index in [0.717, 1.165) is 75.5 Å². The highest BCUT2D eigenvalue weighted by atomic mass is 19.1. The summed E-state index contributed by atoms with van der Waals surface area (Å²) in [5.41, 5.74) is 8.43. The molecule has 2 saturated heterocycles. The monoisotopic (exact) mass is 615 g/mol. The molecular weight excluding hydrogens is 557 g/mol. The van der Waals surface area contributed by atoms with Crippen molar-refractivity contribution in [2.75, 3.05) is 50.7 Å². The number of hydrogen-bond acceptors (Lipinski definition) is 5. The second-order valence-electron chi connectivity index (χ2n) is 15.9. The van der Waals surface area contributed by atoms with Crippen LogP contribution in [0, 0.1) is 11.2 Å². The zero-order valence-electron chi connectivity index (χ0n) is 29.3. The van der Waals surface area contributed by atoms with E-state index >= 15 is 0 Å². The molecule has 2 aromatic rings. The third-order valence-electron chi connectivity index (χ3n) is 10.2. The quantitative estimate of drug-likeness (QED) is 0.272. The first-order chi connectivity index (χ1) is 21.2. The summed E-state index contributed by atoms with van der Waals surface area (Å²) >= 11 is 0. The number of allylic oxidation sites excluding steroid dienone is 1. The van der Waals surface area contributed by atoms with E-state index in [1.54, 1.807) is 12.1 Å². The lowest BCUT2D eigenvalue weighted by Gasteiger charge is -2.47. The Labute approximate surface area is 273 Å². The Morgan fingerprint density at radius 2 is 1.76 bits per heavy atom. The summed E-state index contributed by atoms with van der Waals surface area (Å²) in [6, 6.07) is 10.3. The smallest absolute Gasteiger partial charge is 0.123 e. The Morgan fingerprint density at radius 3 is 2.42 bits per heavy atom. The van der Waals surface area contributed by atoms with Crippen molar-refractivity contribution in [3.05, 3.63) is 83.2 Å². The highest BCUT2D eigenvalue weighted by Gasteiger charge is 2.40. The Bertz CT molecular complexity index is 1360. The first kappa shape index (κ1) is 33.7. The number of fused-ring (bicyclic) bond motifs is 1. The molecule has 3 aliphatic heterocycles. The van der Waals surface area contributed by atoms with Crippen molar-refractivity contribution in [2.45, 2.75) is 104 Å². The van der Waals surface area contributed by atoms with E-state index in [9.17, 15) is 4.39 Å². The Balaban J connectivity index is 1.37. The van der Waals surface area contributed by atoms with Crippen LogP contribution in [0.3, 0.4) is 0 Å². The third-order valence-corrected chi connectivity index (χ3v) is 10.2. The molecule has 0 N–H and O–H groups in total. The van der Waals surface area contributed by atoms with Crippen molar-refractivity contribution < 1.29 is 4.39 Å². The standard InChI is InChI=1S/C39H58FN5/c1-10-35-32(21-31-14-16-33(40)17-15-31)22-36-37(41-35)39(8,9)27-45(36)30(4)24-44-20-19-43(29(3)23-38(5,6)7)26-34(44)25-42-18-12-11-13-28(42)2/h14-17,22,28,34H,3-4,10-13,18-21,23-27H2,1-2,5-9H3. The second-order valence-corrected chi connectivity index (χ2v) is 15.9. The lowest BCUT2D eigenvalue weighted by Crippen LogP contribution is -2.58. The van der Waals surface area contributed by atoms with Crippen molar-refractivity contribution >= 4 is 5.69 Å². The zero-order chi connectivity index (χ0) is 32.5. The fourth-order valence-electron chi connectivity index (χ4n) is 7.71. The number of hydrogen-bond donors (Lipinski definition) is 0. The number of likely N-dealkylation sites (tertiary alicyclic amines) is 1. The number of anilines is 1. The normalized spacial score (nSPS) is 22.5. The van der Waals surface area contributed by atoms with Gasteiger partial charge >= 0.3 is 0 Å². The van der Waals surface area contributed by atoms with Crippen LogP contribution in [-0.2, 0) is 18.3 Å². The third kappa shape index (κ3) is 8.00. The zero-order valence-corrected chi connectivity index (χ0v) is 29.3. The van der Waals surface area contributed by atoms with Crippen molar-refractivity contribution in [1.82, 2.24) is 19.7 Å². The van der Waals surface area contributed by atoms with Crippen LogP contribution in [0.15, 0.2) is 54.9 Å². The number of aryl methyl sites for hydroxylation is 1. The van der Waals surface area contributed by atoms with E-state index in [2.05, 4.69) is 80.7 Å². The number of aromatic nitrogens is 1. The van der Waals surface area contributed by atoms with Crippen molar-refractivity contribution in [3.8, 4) is 0 Å². The molecule has 246 valence electrons. The minimum atomic E-state index is -0.196. The molecule has 4 heterocycles. The van der Waals surface area contributed by atoms with Crippen LogP contribution in [0.25, 0.3) is 0 Å². The minimum absolute atomic E-state index is 0.0668. The van der Waals surface area contributed by atoms with Crippen LogP contribution in [0.1, 0.15) is 96.7 Å². The van der Waals surface area contributed by atoms with E-state index in [1.165, 1.54) is 48.4 Å². The Kier molecular flexibility index (Phi) is 10.2. The van der Waals surface area contributed by atoms with E-state index < -0.39 is 0 Å². The topological polar surface area (TPSA) is 25.9 Å². The van der Waals surface area contributed by atoms with Gasteiger partial charge in [-0.1, -0.05) is 73.3 Å². The number of piperidine rings is 1. The van der Waals surface area contributed by atoms with Crippen molar-refractivity contribution in [3.63, 3.8) is 0 Å². The van der Waals surface area contributed by atoms with Crippen LogP contribution in [0.2, 0.25) is 0 Å². The van der Waals surface area contributed by atoms with Gasteiger partial charge in [-0.05, 0) is 80.3 Å².